The van der Waals surface area contributed by atoms with Gasteiger partial charge < -0.3 is 0 Å². The second-order valence-corrected chi connectivity index (χ2v) is 9.63. The van der Waals surface area contributed by atoms with Gasteiger partial charge in [-0.2, -0.15) is 5.10 Å². The molecule has 0 radical (unpaired) electrons. The van der Waals surface area contributed by atoms with Crippen molar-refractivity contribution in [2.24, 2.45) is 16.4 Å². The normalized spacial score (nSPS) is 17.2. The Morgan fingerprint density at radius 3 is 2.82 bits per heavy atom. The van der Waals surface area contributed by atoms with Crippen LogP contribution in [0.1, 0.15) is 49.6 Å². The van der Waals surface area contributed by atoms with Gasteiger partial charge in [-0.15, -0.1) is 11.3 Å². The highest BCUT2D eigenvalue weighted by Crippen LogP contribution is 2.45. The minimum Gasteiger partial charge on any atom is -0.261 e. The molecule has 2 heterocycles. The van der Waals surface area contributed by atoms with Gasteiger partial charge >= 0.3 is 0 Å². The predicted molar refractivity (Wildman–Crippen MR) is 120 cm³/mol. The molecule has 1 N–H and O–H groups in total. The summed E-state index contributed by atoms with van der Waals surface area (Å²) in [7, 11) is 0. The zero-order valence-electron chi connectivity index (χ0n) is 16.5. The number of benzene rings is 1. The lowest BCUT2D eigenvalue weighted by molar-refractivity contribution is 0.184. The average molecular weight is 413 g/mol. The molecule has 1 aliphatic carbocycles. The van der Waals surface area contributed by atoms with Crippen molar-refractivity contribution in [1.82, 2.24) is 9.97 Å². The largest absolute Gasteiger partial charge is 0.261 e. The molecule has 0 saturated heterocycles. The van der Waals surface area contributed by atoms with Crippen LogP contribution in [0.25, 0.3) is 10.2 Å². The van der Waals surface area contributed by atoms with Crippen molar-refractivity contribution in [1.29, 1.82) is 0 Å². The van der Waals surface area contributed by atoms with Gasteiger partial charge in [0, 0.05) is 9.90 Å². The van der Waals surface area contributed by atoms with Gasteiger partial charge in [-0.05, 0) is 53.9 Å². The fraction of sp³-hybridized carbons (Fsp3) is 0.409. The number of aryl methyl sites for hydroxylation is 1. The molecule has 0 amide bonds. The Morgan fingerprint density at radius 2 is 2.07 bits per heavy atom. The second-order valence-electron chi connectivity index (χ2n) is 8.11. The number of rotatable bonds is 5. The molecule has 0 aliphatic heterocycles. The summed E-state index contributed by atoms with van der Waals surface area (Å²) in [6, 6.07) is 7.59. The lowest BCUT2D eigenvalue weighted by Gasteiger charge is -2.36. The molecule has 2 aromatic heterocycles. The van der Waals surface area contributed by atoms with Crippen molar-refractivity contribution in [2.45, 2.75) is 46.5 Å². The van der Waals surface area contributed by atoms with Gasteiger partial charge in [0.2, 0.25) is 0 Å². The number of hydrogen-bond acceptors (Lipinski definition) is 5. The lowest BCUT2D eigenvalue weighted by atomic mass is 9.69. The van der Waals surface area contributed by atoms with Crippen LogP contribution >= 0.6 is 22.9 Å². The van der Waals surface area contributed by atoms with Crippen molar-refractivity contribution in [2.75, 3.05) is 5.43 Å². The molecule has 1 atom stereocenters. The van der Waals surface area contributed by atoms with Crippen LogP contribution in [-0.2, 0) is 12.8 Å². The first-order chi connectivity index (χ1) is 13.5. The molecule has 0 saturated carbocycles. The Bertz CT molecular complexity index is 1010. The quantitative estimate of drug-likeness (QED) is 0.393. The minimum atomic E-state index is 0.349. The summed E-state index contributed by atoms with van der Waals surface area (Å²) in [6.45, 7) is 7.08. The van der Waals surface area contributed by atoms with E-state index in [0.29, 0.717) is 11.3 Å². The summed E-state index contributed by atoms with van der Waals surface area (Å²) in [5.41, 5.74) is 5.90. The summed E-state index contributed by atoms with van der Waals surface area (Å²) < 4.78 is 0. The number of anilines is 1. The van der Waals surface area contributed by atoms with Crippen LogP contribution in [0.4, 0.5) is 5.82 Å². The van der Waals surface area contributed by atoms with E-state index in [9.17, 15) is 0 Å². The Kier molecular flexibility index (Phi) is 5.39. The number of thiophene rings is 1. The van der Waals surface area contributed by atoms with Crippen molar-refractivity contribution < 1.29 is 0 Å². The summed E-state index contributed by atoms with van der Waals surface area (Å²) in [6.07, 6.45) is 8.09. The number of nitrogens with one attached hydrogen (secondary N) is 1. The highest BCUT2D eigenvalue weighted by atomic mass is 35.5. The Morgan fingerprint density at radius 1 is 1.29 bits per heavy atom. The number of halogens is 1. The summed E-state index contributed by atoms with van der Waals surface area (Å²) in [5.74, 6) is 1.48. The molecule has 1 aliphatic rings. The second kappa shape index (κ2) is 7.80. The molecular weight excluding hydrogens is 388 g/mol. The molecule has 4 nitrogen and oxygen atoms in total. The van der Waals surface area contributed by atoms with Crippen LogP contribution in [0.3, 0.4) is 0 Å². The van der Waals surface area contributed by atoms with Gasteiger partial charge in [0.05, 0.1) is 11.6 Å². The van der Waals surface area contributed by atoms with Crippen LogP contribution in [0, 0.1) is 11.3 Å². The van der Waals surface area contributed by atoms with Crippen molar-refractivity contribution >= 4 is 45.2 Å². The van der Waals surface area contributed by atoms with E-state index < -0.39 is 0 Å². The highest BCUT2D eigenvalue weighted by molar-refractivity contribution is 7.19. The van der Waals surface area contributed by atoms with E-state index in [1.807, 2.05) is 35.6 Å². The zero-order valence-corrected chi connectivity index (χ0v) is 18.1. The van der Waals surface area contributed by atoms with Crippen molar-refractivity contribution in [3.05, 3.63) is 51.6 Å². The third kappa shape index (κ3) is 3.78. The molecule has 0 spiro atoms. The van der Waals surface area contributed by atoms with Crippen LogP contribution < -0.4 is 5.43 Å². The standard InChI is InChI=1S/C22H25ClN4S/c1-4-22(2,3)15-7-10-18-17(11-15)19-20(24-13-25-21(19)28-18)27-26-12-14-5-8-16(23)9-6-14/h5-6,8-9,12-13,15H,4,7,10-11H2,1-3H3,(H,24,25,27)/b26-12-. The van der Waals surface area contributed by atoms with E-state index in [0.717, 1.165) is 39.5 Å². The topological polar surface area (TPSA) is 50.2 Å². The maximum atomic E-state index is 5.94. The van der Waals surface area contributed by atoms with Crippen LogP contribution in [0.5, 0.6) is 0 Å². The lowest BCUT2D eigenvalue weighted by Crippen LogP contribution is -2.28. The van der Waals surface area contributed by atoms with Crippen molar-refractivity contribution in [3.63, 3.8) is 0 Å². The molecule has 3 aromatic rings. The molecule has 0 bridgehead atoms. The van der Waals surface area contributed by atoms with E-state index in [-0.39, 0.29) is 0 Å². The summed E-state index contributed by atoms with van der Waals surface area (Å²) in [4.78, 5) is 11.5. The number of hydrazone groups is 1. The minimum absolute atomic E-state index is 0.349. The SMILES string of the molecule is CCC(C)(C)C1CCc2sc3ncnc(N/N=C\c4ccc(Cl)cc4)c3c2C1. The molecule has 146 valence electrons. The smallest absolute Gasteiger partial charge is 0.158 e. The number of hydrogen-bond donors (Lipinski definition) is 1. The Hall–Kier alpha value is -1.98. The molecule has 4 rings (SSSR count). The van der Waals surface area contributed by atoms with Gasteiger partial charge in [0.1, 0.15) is 11.2 Å². The van der Waals surface area contributed by atoms with Crippen LogP contribution in [0.2, 0.25) is 5.02 Å². The number of aromatic nitrogens is 2. The van der Waals surface area contributed by atoms with Crippen molar-refractivity contribution in [3.8, 4) is 0 Å². The highest BCUT2D eigenvalue weighted by Gasteiger charge is 2.33. The third-order valence-electron chi connectivity index (χ3n) is 6.11. The first-order valence-corrected chi connectivity index (χ1v) is 11.0. The molecule has 6 heteroatoms. The van der Waals surface area contributed by atoms with E-state index in [4.69, 9.17) is 11.6 Å². The number of nitrogens with zero attached hydrogens (tertiary/aromatic N) is 3. The van der Waals surface area contributed by atoms with Gasteiger partial charge in [0.15, 0.2) is 5.82 Å². The van der Waals surface area contributed by atoms with Crippen LogP contribution in [-0.4, -0.2) is 16.2 Å². The molecule has 0 fully saturated rings. The monoisotopic (exact) mass is 412 g/mol. The summed E-state index contributed by atoms with van der Waals surface area (Å²) >= 11 is 7.75. The Balaban J connectivity index is 1.63. The van der Waals surface area contributed by atoms with E-state index in [2.05, 4.69) is 41.3 Å². The molecule has 28 heavy (non-hydrogen) atoms. The first kappa shape index (κ1) is 19.3. The van der Waals surface area contributed by atoms with E-state index >= 15 is 0 Å². The maximum absolute atomic E-state index is 5.94. The van der Waals surface area contributed by atoms with E-state index in [1.165, 1.54) is 23.3 Å². The van der Waals surface area contributed by atoms with Gasteiger partial charge in [-0.3, -0.25) is 5.43 Å². The zero-order chi connectivity index (χ0) is 19.7. The fourth-order valence-electron chi connectivity index (χ4n) is 3.87. The molecular formula is C22H25ClN4S. The third-order valence-corrected chi connectivity index (χ3v) is 7.56. The predicted octanol–water partition coefficient (Wildman–Crippen LogP) is 6.33. The summed E-state index contributed by atoms with van der Waals surface area (Å²) in [5, 5.41) is 6.27. The van der Waals surface area contributed by atoms with Gasteiger partial charge in [0.25, 0.3) is 0 Å². The fourth-order valence-corrected chi connectivity index (χ4v) is 5.18. The molecule has 1 unspecified atom stereocenters. The number of fused-ring (bicyclic) bond motifs is 3. The Labute approximate surface area is 175 Å². The van der Waals surface area contributed by atoms with Crippen LogP contribution in [0.15, 0.2) is 35.7 Å². The van der Waals surface area contributed by atoms with Gasteiger partial charge in [-0.1, -0.05) is 50.9 Å². The average Bonchev–Trinajstić information content (AvgIpc) is 3.08. The maximum Gasteiger partial charge on any atom is 0.158 e. The van der Waals surface area contributed by atoms with Gasteiger partial charge in [-0.25, -0.2) is 9.97 Å². The first-order valence-electron chi connectivity index (χ1n) is 9.78. The molecule has 1 aromatic carbocycles. The van der Waals surface area contributed by atoms with E-state index in [1.54, 1.807) is 12.5 Å².